The fourth-order valence-corrected chi connectivity index (χ4v) is 3.62. The van der Waals surface area contributed by atoms with E-state index in [9.17, 15) is 13.2 Å². The van der Waals surface area contributed by atoms with E-state index in [0.29, 0.717) is 23.4 Å². The molecule has 8 nitrogen and oxygen atoms in total. The minimum atomic E-state index is -3.77. The van der Waals surface area contributed by atoms with Crippen LogP contribution in [0.3, 0.4) is 0 Å². The van der Waals surface area contributed by atoms with Crippen molar-refractivity contribution in [3.05, 3.63) is 89.7 Å². The summed E-state index contributed by atoms with van der Waals surface area (Å²) in [5.41, 5.74) is 2.37. The van der Waals surface area contributed by atoms with Crippen LogP contribution in [0.4, 0.5) is 10.5 Å². The summed E-state index contributed by atoms with van der Waals surface area (Å²) in [6.07, 6.45) is 3.28. The zero-order valence-corrected chi connectivity index (χ0v) is 16.7. The molecule has 3 N–H and O–H groups in total. The average Bonchev–Trinajstić information content (AvgIpc) is 2.77. The summed E-state index contributed by atoms with van der Waals surface area (Å²) in [6, 6.07) is 17.8. The maximum absolute atomic E-state index is 12.5. The molecule has 0 atom stereocenters. The average molecular weight is 421 g/mol. The van der Waals surface area contributed by atoms with E-state index in [4.69, 9.17) is 5.26 Å². The Hall–Kier alpha value is -3.74. The molecule has 0 bridgehead atoms. The van der Waals surface area contributed by atoms with Gasteiger partial charge in [-0.05, 0) is 53.6 Å². The number of nitriles is 1. The molecule has 0 saturated carbocycles. The highest BCUT2D eigenvalue weighted by Gasteiger charge is 2.15. The molecule has 0 unspecified atom stereocenters. The molecule has 0 spiro atoms. The van der Waals surface area contributed by atoms with Crippen molar-refractivity contribution in [1.82, 2.24) is 15.0 Å². The Morgan fingerprint density at radius 2 is 1.67 bits per heavy atom. The Kier molecular flexibility index (Phi) is 6.75. The van der Waals surface area contributed by atoms with Crippen LogP contribution < -0.4 is 15.4 Å². The molecule has 152 valence electrons. The van der Waals surface area contributed by atoms with E-state index in [0.717, 1.165) is 5.56 Å². The maximum Gasteiger partial charge on any atom is 0.319 e. The molecule has 0 fully saturated rings. The van der Waals surface area contributed by atoms with Gasteiger partial charge in [0.2, 0.25) is 10.0 Å². The van der Waals surface area contributed by atoms with Crippen LogP contribution >= 0.6 is 0 Å². The number of carbonyl (C=O) groups is 1. The Labute approximate surface area is 174 Å². The molecule has 30 heavy (non-hydrogen) atoms. The van der Waals surface area contributed by atoms with Gasteiger partial charge in [-0.1, -0.05) is 18.2 Å². The smallest absolute Gasteiger partial charge is 0.319 e. The number of sulfonamides is 1. The summed E-state index contributed by atoms with van der Waals surface area (Å²) in [7, 11) is -3.77. The van der Waals surface area contributed by atoms with Crippen molar-refractivity contribution < 1.29 is 13.2 Å². The fraction of sp³-hybridized carbons (Fsp3) is 0.0952. The van der Waals surface area contributed by atoms with Crippen molar-refractivity contribution in [1.29, 1.82) is 5.26 Å². The number of nitrogens with one attached hydrogen (secondary N) is 3. The van der Waals surface area contributed by atoms with Crippen LogP contribution in [0.5, 0.6) is 0 Å². The van der Waals surface area contributed by atoms with Gasteiger partial charge in [0, 0.05) is 31.2 Å². The normalized spacial score (nSPS) is 10.8. The first-order valence-electron chi connectivity index (χ1n) is 8.99. The topological polar surface area (TPSA) is 124 Å². The second kappa shape index (κ2) is 9.65. The minimum Gasteiger partial charge on any atom is -0.334 e. The number of anilines is 1. The van der Waals surface area contributed by atoms with Crippen LogP contribution in [0.1, 0.15) is 16.7 Å². The van der Waals surface area contributed by atoms with Crippen LogP contribution in [-0.2, 0) is 23.1 Å². The van der Waals surface area contributed by atoms with E-state index < -0.39 is 16.1 Å². The first-order valence-corrected chi connectivity index (χ1v) is 10.5. The van der Waals surface area contributed by atoms with Gasteiger partial charge in [0.05, 0.1) is 16.5 Å². The minimum absolute atomic E-state index is 0.00345. The first kappa shape index (κ1) is 21.0. The van der Waals surface area contributed by atoms with Crippen LogP contribution in [0.15, 0.2) is 78.0 Å². The van der Waals surface area contributed by atoms with Gasteiger partial charge in [-0.15, -0.1) is 0 Å². The number of carbonyl (C=O) groups excluding carboxylic acids is 1. The lowest BCUT2D eigenvalue weighted by Crippen LogP contribution is -2.28. The first-order chi connectivity index (χ1) is 14.5. The van der Waals surface area contributed by atoms with Gasteiger partial charge in [-0.25, -0.2) is 17.9 Å². The Morgan fingerprint density at radius 1 is 0.967 bits per heavy atom. The van der Waals surface area contributed by atoms with Crippen molar-refractivity contribution in [2.75, 3.05) is 5.32 Å². The van der Waals surface area contributed by atoms with Crippen molar-refractivity contribution >= 4 is 21.7 Å². The number of rotatable bonds is 7. The molecule has 0 aliphatic rings. The third-order valence-electron chi connectivity index (χ3n) is 4.22. The monoisotopic (exact) mass is 421 g/mol. The lowest BCUT2D eigenvalue weighted by Gasteiger charge is -2.10. The van der Waals surface area contributed by atoms with E-state index in [1.165, 1.54) is 24.3 Å². The van der Waals surface area contributed by atoms with Crippen LogP contribution in [-0.4, -0.2) is 19.4 Å². The third kappa shape index (κ3) is 5.64. The molecule has 0 radical (unpaired) electrons. The Morgan fingerprint density at radius 3 is 2.37 bits per heavy atom. The number of hydrogen-bond donors (Lipinski definition) is 3. The summed E-state index contributed by atoms with van der Waals surface area (Å²) in [4.78, 5) is 16.0. The van der Waals surface area contributed by atoms with E-state index >= 15 is 0 Å². The molecule has 0 aliphatic heterocycles. The number of urea groups is 1. The largest absolute Gasteiger partial charge is 0.334 e. The van der Waals surface area contributed by atoms with E-state index in [1.54, 1.807) is 48.8 Å². The highest BCUT2D eigenvalue weighted by atomic mass is 32.2. The lowest BCUT2D eigenvalue weighted by molar-refractivity contribution is 0.251. The molecule has 2 amide bonds. The third-order valence-corrected chi connectivity index (χ3v) is 5.63. The fourth-order valence-electron chi connectivity index (χ4n) is 2.62. The molecule has 3 aromatic rings. The summed E-state index contributed by atoms with van der Waals surface area (Å²) < 4.78 is 27.5. The Balaban J connectivity index is 1.57. The quantitative estimate of drug-likeness (QED) is 0.541. The van der Waals surface area contributed by atoms with E-state index in [2.05, 4.69) is 20.3 Å². The molecule has 9 heteroatoms. The van der Waals surface area contributed by atoms with Gasteiger partial charge in [-0.2, -0.15) is 5.26 Å². The summed E-state index contributed by atoms with van der Waals surface area (Å²) in [5.74, 6) is 0. The number of pyridine rings is 1. The second-order valence-electron chi connectivity index (χ2n) is 6.28. The van der Waals surface area contributed by atoms with E-state index in [1.807, 2.05) is 6.07 Å². The number of nitrogens with zero attached hydrogens (tertiary/aromatic N) is 2. The zero-order chi connectivity index (χ0) is 21.4. The van der Waals surface area contributed by atoms with Crippen LogP contribution in [0.25, 0.3) is 0 Å². The molecule has 1 aromatic heterocycles. The molecule has 2 aromatic carbocycles. The summed E-state index contributed by atoms with van der Waals surface area (Å²) in [6.45, 7) is 0.346. The number of amides is 2. The number of benzene rings is 2. The van der Waals surface area contributed by atoms with E-state index in [-0.39, 0.29) is 11.4 Å². The number of hydrogen-bond acceptors (Lipinski definition) is 5. The summed E-state index contributed by atoms with van der Waals surface area (Å²) >= 11 is 0. The molecule has 3 rings (SSSR count). The van der Waals surface area contributed by atoms with Crippen LogP contribution in [0, 0.1) is 11.3 Å². The molecule has 0 aliphatic carbocycles. The predicted molar refractivity (Wildman–Crippen MR) is 112 cm³/mol. The molecule has 0 saturated heterocycles. The van der Waals surface area contributed by atoms with Crippen molar-refractivity contribution in [2.24, 2.45) is 0 Å². The van der Waals surface area contributed by atoms with Gasteiger partial charge < -0.3 is 10.6 Å². The van der Waals surface area contributed by atoms with Crippen molar-refractivity contribution in [3.63, 3.8) is 0 Å². The van der Waals surface area contributed by atoms with Gasteiger partial charge in [0.15, 0.2) is 0 Å². The van der Waals surface area contributed by atoms with Crippen LogP contribution in [0.2, 0.25) is 0 Å². The number of aromatic nitrogens is 1. The summed E-state index contributed by atoms with van der Waals surface area (Å²) in [5, 5.41) is 14.5. The SMILES string of the molecule is N#Cc1ccccc1CNS(=O)(=O)c1ccc(NC(=O)NCc2ccncc2)cc1. The lowest BCUT2D eigenvalue weighted by atomic mass is 10.1. The van der Waals surface area contributed by atoms with Crippen molar-refractivity contribution in [2.45, 2.75) is 18.0 Å². The molecule has 1 heterocycles. The maximum atomic E-state index is 12.5. The molecular formula is C21H19N5O3S. The van der Waals surface area contributed by atoms with Gasteiger partial charge in [0.25, 0.3) is 0 Å². The molecular weight excluding hydrogens is 402 g/mol. The predicted octanol–water partition coefficient (Wildman–Crippen LogP) is 2.75. The highest BCUT2D eigenvalue weighted by molar-refractivity contribution is 7.89. The standard InChI is InChI=1S/C21H19N5O3S/c22-13-17-3-1-2-4-18(17)15-25-30(28,29)20-7-5-19(6-8-20)26-21(27)24-14-16-9-11-23-12-10-16/h1-12,25H,14-15H2,(H2,24,26,27). The zero-order valence-electron chi connectivity index (χ0n) is 15.9. The second-order valence-corrected chi connectivity index (χ2v) is 8.05. The van der Waals surface area contributed by atoms with Crippen molar-refractivity contribution in [3.8, 4) is 6.07 Å². The Bertz CT molecular complexity index is 1160. The van der Waals surface area contributed by atoms with Gasteiger partial charge >= 0.3 is 6.03 Å². The van der Waals surface area contributed by atoms with Gasteiger partial charge in [-0.3, -0.25) is 4.98 Å². The highest BCUT2D eigenvalue weighted by Crippen LogP contribution is 2.15. The van der Waals surface area contributed by atoms with Gasteiger partial charge in [0.1, 0.15) is 0 Å².